The van der Waals surface area contributed by atoms with Crippen LogP contribution in [0.15, 0.2) is 59.5 Å². The topological polar surface area (TPSA) is 76.1 Å². The van der Waals surface area contributed by atoms with Crippen molar-refractivity contribution in [2.45, 2.75) is 12.5 Å². The molecule has 0 fully saturated rings. The van der Waals surface area contributed by atoms with E-state index in [0.29, 0.717) is 5.56 Å². The first kappa shape index (κ1) is 16.2. The average Bonchev–Trinajstić information content (AvgIpc) is 3.16. The highest BCUT2D eigenvalue weighted by Crippen LogP contribution is 2.44. The number of benzene rings is 2. The highest BCUT2D eigenvalue weighted by Gasteiger charge is 2.28. The fourth-order valence-electron chi connectivity index (χ4n) is 3.45. The third-order valence-electron chi connectivity index (χ3n) is 4.78. The van der Waals surface area contributed by atoms with Crippen molar-refractivity contribution in [2.75, 3.05) is 6.61 Å². The zero-order chi connectivity index (χ0) is 18.1. The molecule has 1 aliphatic rings. The number of aromatic amines is 1. The average molecular weight is 349 g/mol. The van der Waals surface area contributed by atoms with Crippen LogP contribution in [-0.4, -0.2) is 22.5 Å². The molecule has 1 heterocycles. The third kappa shape index (κ3) is 2.79. The zero-order valence-electron chi connectivity index (χ0n) is 14.4. The Labute approximate surface area is 150 Å². The number of aryl methyl sites for hydroxylation is 1. The number of carbonyl (C=O) groups is 1. The Morgan fingerprint density at radius 2 is 1.73 bits per heavy atom. The van der Waals surface area contributed by atoms with Crippen LogP contribution in [0.4, 0.5) is 4.79 Å². The molecule has 0 bridgehead atoms. The van der Waals surface area contributed by atoms with Crippen LogP contribution in [0.3, 0.4) is 0 Å². The van der Waals surface area contributed by atoms with Gasteiger partial charge in [-0.3, -0.25) is 9.48 Å². The number of nitrogens with zero attached hydrogens (tertiary/aromatic N) is 1. The molecule has 132 valence electrons. The number of alkyl carbamates (subject to hydrolysis) is 1. The molecule has 0 aliphatic heterocycles. The highest BCUT2D eigenvalue weighted by molar-refractivity contribution is 5.79. The van der Waals surface area contributed by atoms with Crippen molar-refractivity contribution in [3.05, 3.63) is 81.8 Å². The molecule has 2 N–H and O–H groups in total. The van der Waals surface area contributed by atoms with Gasteiger partial charge in [0.1, 0.15) is 6.61 Å². The standard InChI is InChI=1S/C20H19N3O3/c1-23-19(24)13(11-22-23)10-21-20(25)26-12-18-16-8-4-2-6-14(16)15-7-3-5-9-17(15)18/h2-9,11,18,22H,10,12H2,1H3,(H,21,25). The summed E-state index contributed by atoms with van der Waals surface area (Å²) in [7, 11) is 1.62. The summed E-state index contributed by atoms with van der Waals surface area (Å²) in [5.74, 6) is 0.0216. The van der Waals surface area contributed by atoms with Crippen molar-refractivity contribution in [1.82, 2.24) is 15.1 Å². The van der Waals surface area contributed by atoms with Gasteiger partial charge in [-0.25, -0.2) is 4.79 Å². The molecule has 0 spiro atoms. The molecular weight excluding hydrogens is 330 g/mol. The molecule has 3 aromatic rings. The minimum absolute atomic E-state index is 0.0216. The number of ether oxygens (including phenoxy) is 1. The predicted octanol–water partition coefficient (Wildman–Crippen LogP) is 2.75. The van der Waals surface area contributed by atoms with Crippen LogP contribution in [0.25, 0.3) is 11.1 Å². The molecule has 0 saturated heterocycles. The number of aromatic nitrogens is 2. The van der Waals surface area contributed by atoms with Crippen LogP contribution >= 0.6 is 0 Å². The van der Waals surface area contributed by atoms with E-state index in [4.69, 9.17) is 4.74 Å². The monoisotopic (exact) mass is 349 g/mol. The number of amides is 1. The van der Waals surface area contributed by atoms with Crippen molar-refractivity contribution in [3.63, 3.8) is 0 Å². The summed E-state index contributed by atoms with van der Waals surface area (Å²) in [5.41, 5.74) is 5.04. The molecule has 0 atom stereocenters. The summed E-state index contributed by atoms with van der Waals surface area (Å²) in [6.45, 7) is 0.387. The Kier molecular flexibility index (Phi) is 4.08. The van der Waals surface area contributed by atoms with Gasteiger partial charge < -0.3 is 15.2 Å². The Balaban J connectivity index is 1.44. The molecule has 0 saturated carbocycles. The summed E-state index contributed by atoms with van der Waals surface area (Å²) in [6, 6.07) is 16.4. The maximum atomic E-state index is 12.1. The molecule has 0 radical (unpaired) electrons. The van der Waals surface area contributed by atoms with Gasteiger partial charge in [0.05, 0.1) is 12.1 Å². The lowest BCUT2D eigenvalue weighted by Crippen LogP contribution is -2.28. The van der Waals surface area contributed by atoms with Gasteiger partial charge in [-0.15, -0.1) is 0 Å². The molecular formula is C20H19N3O3. The van der Waals surface area contributed by atoms with E-state index < -0.39 is 6.09 Å². The number of rotatable bonds is 4. The van der Waals surface area contributed by atoms with E-state index in [1.807, 2.05) is 24.3 Å². The molecule has 1 aromatic heterocycles. The first-order valence-corrected chi connectivity index (χ1v) is 8.47. The minimum Gasteiger partial charge on any atom is -0.449 e. The van der Waals surface area contributed by atoms with Gasteiger partial charge in [-0.05, 0) is 22.3 Å². The summed E-state index contributed by atoms with van der Waals surface area (Å²) in [4.78, 5) is 23.8. The molecule has 26 heavy (non-hydrogen) atoms. The van der Waals surface area contributed by atoms with Crippen LogP contribution in [0.2, 0.25) is 0 Å². The van der Waals surface area contributed by atoms with Gasteiger partial charge in [0.15, 0.2) is 0 Å². The van der Waals surface area contributed by atoms with Crippen molar-refractivity contribution < 1.29 is 9.53 Å². The lowest BCUT2D eigenvalue weighted by Gasteiger charge is -2.14. The molecule has 1 amide bonds. The molecule has 0 unspecified atom stereocenters. The van der Waals surface area contributed by atoms with E-state index in [2.05, 4.69) is 34.7 Å². The van der Waals surface area contributed by atoms with Crippen molar-refractivity contribution in [3.8, 4) is 11.1 Å². The Morgan fingerprint density at radius 3 is 2.31 bits per heavy atom. The fourth-order valence-corrected chi connectivity index (χ4v) is 3.45. The maximum absolute atomic E-state index is 12.1. The summed E-state index contributed by atoms with van der Waals surface area (Å²) < 4.78 is 6.79. The number of hydrogen-bond acceptors (Lipinski definition) is 3. The predicted molar refractivity (Wildman–Crippen MR) is 97.9 cm³/mol. The second-order valence-electron chi connectivity index (χ2n) is 6.34. The second kappa shape index (κ2) is 6.55. The smallest absolute Gasteiger partial charge is 0.407 e. The Bertz CT molecular complexity index is 973. The molecule has 6 heteroatoms. The van der Waals surface area contributed by atoms with Crippen LogP contribution < -0.4 is 10.9 Å². The van der Waals surface area contributed by atoms with E-state index in [9.17, 15) is 9.59 Å². The largest absolute Gasteiger partial charge is 0.449 e. The maximum Gasteiger partial charge on any atom is 0.407 e. The summed E-state index contributed by atoms with van der Waals surface area (Å²) >= 11 is 0. The van der Waals surface area contributed by atoms with E-state index in [1.54, 1.807) is 13.2 Å². The number of carbonyl (C=O) groups excluding carboxylic acids is 1. The second-order valence-corrected chi connectivity index (χ2v) is 6.34. The number of nitrogens with one attached hydrogen (secondary N) is 2. The molecule has 2 aromatic carbocycles. The lowest BCUT2D eigenvalue weighted by molar-refractivity contribution is 0.142. The summed E-state index contributed by atoms with van der Waals surface area (Å²) in [6.07, 6.45) is 1.04. The van der Waals surface area contributed by atoms with Crippen LogP contribution in [0.5, 0.6) is 0 Å². The fraction of sp³-hybridized carbons (Fsp3) is 0.200. The van der Waals surface area contributed by atoms with Crippen molar-refractivity contribution in [1.29, 1.82) is 0 Å². The SMILES string of the molecule is Cn1[nH]cc(CNC(=O)OCC2c3ccccc3-c3ccccc32)c1=O. The van der Waals surface area contributed by atoms with Crippen molar-refractivity contribution in [2.24, 2.45) is 7.05 Å². The van der Waals surface area contributed by atoms with E-state index in [1.165, 1.54) is 26.9 Å². The molecule has 4 rings (SSSR count). The normalized spacial score (nSPS) is 12.5. The van der Waals surface area contributed by atoms with E-state index in [0.717, 1.165) is 0 Å². The van der Waals surface area contributed by atoms with Crippen molar-refractivity contribution >= 4 is 6.09 Å². The van der Waals surface area contributed by atoms with Gasteiger partial charge in [0, 0.05) is 19.2 Å². The van der Waals surface area contributed by atoms with Crippen LogP contribution in [0.1, 0.15) is 22.6 Å². The van der Waals surface area contributed by atoms with Gasteiger partial charge in [0.2, 0.25) is 0 Å². The molecule has 1 aliphatic carbocycles. The minimum atomic E-state index is -0.532. The lowest BCUT2D eigenvalue weighted by atomic mass is 9.98. The number of H-pyrrole nitrogens is 1. The number of fused-ring (bicyclic) bond motifs is 3. The van der Waals surface area contributed by atoms with E-state index in [-0.39, 0.29) is 24.6 Å². The Hall–Kier alpha value is -3.28. The number of hydrogen-bond donors (Lipinski definition) is 2. The Morgan fingerprint density at radius 1 is 1.12 bits per heavy atom. The first-order chi connectivity index (χ1) is 12.6. The van der Waals surface area contributed by atoms with Gasteiger partial charge in [-0.1, -0.05) is 48.5 Å². The summed E-state index contributed by atoms with van der Waals surface area (Å²) in [5, 5.41) is 5.40. The van der Waals surface area contributed by atoms with Gasteiger partial charge >= 0.3 is 6.09 Å². The van der Waals surface area contributed by atoms with Crippen LogP contribution in [0, 0.1) is 0 Å². The molecule has 6 nitrogen and oxygen atoms in total. The zero-order valence-corrected chi connectivity index (χ0v) is 14.4. The first-order valence-electron chi connectivity index (χ1n) is 8.47. The quantitative estimate of drug-likeness (QED) is 0.760. The third-order valence-corrected chi connectivity index (χ3v) is 4.78. The highest BCUT2D eigenvalue weighted by atomic mass is 16.5. The van der Waals surface area contributed by atoms with Gasteiger partial charge in [0.25, 0.3) is 5.56 Å². The van der Waals surface area contributed by atoms with Gasteiger partial charge in [-0.2, -0.15) is 0 Å². The van der Waals surface area contributed by atoms with E-state index >= 15 is 0 Å². The van der Waals surface area contributed by atoms with Crippen LogP contribution in [-0.2, 0) is 18.3 Å².